The molecule has 62 heavy (non-hydrogen) atoms. The fraction of sp³-hybridized carbons (Fsp3) is 0.0508. The summed E-state index contributed by atoms with van der Waals surface area (Å²) in [6.07, 6.45) is 0. The molecule has 0 amide bonds. The van der Waals surface area contributed by atoms with E-state index >= 15 is 0 Å². The first-order valence-corrected chi connectivity index (χ1v) is 23.0. The molecule has 292 valence electrons. The van der Waals surface area contributed by atoms with Crippen LogP contribution in [-0.4, -0.2) is 0 Å². The lowest BCUT2D eigenvalue weighted by atomic mass is 9.82. The van der Waals surface area contributed by atoms with Crippen LogP contribution in [0.2, 0.25) is 0 Å². The average molecular weight is 826 g/mol. The molecule has 1 aliphatic carbocycles. The molecule has 0 unspecified atom stereocenters. The van der Waals surface area contributed by atoms with Crippen LogP contribution in [0, 0.1) is 0 Å². The first-order chi connectivity index (χ1) is 30.5. The van der Waals surface area contributed by atoms with E-state index in [0.717, 1.165) is 11.4 Å². The Morgan fingerprint density at radius 1 is 0.339 bits per heavy atom. The molecule has 1 aliphatic rings. The van der Waals surface area contributed by atoms with Crippen LogP contribution >= 0.6 is 22.7 Å². The monoisotopic (exact) mass is 825 g/mol. The molecule has 0 saturated carbocycles. The lowest BCUT2D eigenvalue weighted by Crippen LogP contribution is -2.16. The van der Waals surface area contributed by atoms with Gasteiger partial charge in [-0.05, 0) is 90.8 Å². The highest BCUT2D eigenvalue weighted by molar-refractivity contribution is 7.27. The van der Waals surface area contributed by atoms with Gasteiger partial charge >= 0.3 is 0 Å². The van der Waals surface area contributed by atoms with Gasteiger partial charge in [0.1, 0.15) is 0 Å². The molecule has 12 aromatic rings. The molecule has 3 heteroatoms. The number of anilines is 3. The van der Waals surface area contributed by atoms with Gasteiger partial charge in [-0.1, -0.05) is 184 Å². The van der Waals surface area contributed by atoms with E-state index in [1.54, 1.807) is 0 Å². The van der Waals surface area contributed by atoms with Gasteiger partial charge < -0.3 is 4.90 Å². The van der Waals surface area contributed by atoms with Crippen LogP contribution in [-0.2, 0) is 5.41 Å². The standard InChI is InChI=1S/C59H39NS2/c1-59(2)51-21-8-7-16-50(51)54-52(59)22-11-23-53(54)60(40-30-24-38(25-31-40)44-17-9-19-46-48-34-28-36-12-3-5-14-42(36)57(48)61-55(44)46)41-32-26-39(27-33-41)45-18-10-20-47-49-35-29-37-13-4-6-15-43(37)58(49)62-56(45)47/h3-35H,1-2H3. The summed E-state index contributed by atoms with van der Waals surface area (Å²) < 4.78 is 5.38. The Bertz CT molecular complexity index is 3580. The summed E-state index contributed by atoms with van der Waals surface area (Å²) in [5.74, 6) is 0. The van der Waals surface area contributed by atoms with Crippen LogP contribution in [0.1, 0.15) is 25.0 Å². The Morgan fingerprint density at radius 2 is 0.774 bits per heavy atom. The minimum atomic E-state index is -0.107. The van der Waals surface area contributed by atoms with Gasteiger partial charge in [-0.25, -0.2) is 0 Å². The van der Waals surface area contributed by atoms with Crippen LogP contribution in [0.5, 0.6) is 0 Å². The summed E-state index contributed by atoms with van der Waals surface area (Å²) in [5, 5.41) is 10.5. The highest BCUT2D eigenvalue weighted by Crippen LogP contribution is 2.54. The van der Waals surface area contributed by atoms with Crippen LogP contribution in [0.3, 0.4) is 0 Å². The third kappa shape index (κ3) is 5.19. The maximum Gasteiger partial charge on any atom is 0.0543 e. The first-order valence-electron chi connectivity index (χ1n) is 21.4. The van der Waals surface area contributed by atoms with Crippen molar-refractivity contribution in [1.29, 1.82) is 0 Å². The van der Waals surface area contributed by atoms with Crippen molar-refractivity contribution in [3.63, 3.8) is 0 Å². The van der Waals surface area contributed by atoms with E-state index in [4.69, 9.17) is 0 Å². The van der Waals surface area contributed by atoms with Gasteiger partial charge in [0.25, 0.3) is 0 Å². The maximum absolute atomic E-state index is 2.48. The zero-order valence-corrected chi connectivity index (χ0v) is 35.9. The van der Waals surface area contributed by atoms with Crippen LogP contribution in [0.4, 0.5) is 17.1 Å². The Hall–Kier alpha value is -7.04. The molecule has 2 aromatic heterocycles. The molecule has 0 saturated heterocycles. The quantitative estimate of drug-likeness (QED) is 0.167. The van der Waals surface area contributed by atoms with Crippen molar-refractivity contribution in [2.75, 3.05) is 4.90 Å². The summed E-state index contributed by atoms with van der Waals surface area (Å²) in [6.45, 7) is 4.73. The highest BCUT2D eigenvalue weighted by Gasteiger charge is 2.37. The highest BCUT2D eigenvalue weighted by atomic mass is 32.1. The van der Waals surface area contributed by atoms with Crippen molar-refractivity contribution < 1.29 is 0 Å². The Labute approximate surface area is 368 Å². The third-order valence-corrected chi connectivity index (χ3v) is 16.1. The summed E-state index contributed by atoms with van der Waals surface area (Å²) in [4.78, 5) is 2.48. The van der Waals surface area contributed by atoms with E-state index in [9.17, 15) is 0 Å². The Morgan fingerprint density at radius 3 is 1.34 bits per heavy atom. The number of nitrogens with zero attached hydrogens (tertiary/aromatic N) is 1. The van der Waals surface area contributed by atoms with Gasteiger partial charge in [0, 0.05) is 62.7 Å². The van der Waals surface area contributed by atoms with Gasteiger partial charge in [-0.2, -0.15) is 0 Å². The van der Waals surface area contributed by atoms with Crippen molar-refractivity contribution >= 4 is 102 Å². The van der Waals surface area contributed by atoms with Crippen molar-refractivity contribution in [2.24, 2.45) is 0 Å². The molecule has 13 rings (SSSR count). The van der Waals surface area contributed by atoms with E-state index in [0.29, 0.717) is 0 Å². The second-order valence-electron chi connectivity index (χ2n) is 17.2. The number of hydrogen-bond acceptors (Lipinski definition) is 3. The predicted molar refractivity (Wildman–Crippen MR) is 270 cm³/mol. The van der Waals surface area contributed by atoms with Gasteiger partial charge in [0.2, 0.25) is 0 Å². The molecular weight excluding hydrogens is 787 g/mol. The molecule has 0 N–H and O–H groups in total. The molecule has 0 spiro atoms. The predicted octanol–water partition coefficient (Wildman–Crippen LogP) is 17.8. The van der Waals surface area contributed by atoms with Gasteiger partial charge in [0.15, 0.2) is 0 Å². The molecule has 0 aliphatic heterocycles. The zero-order valence-electron chi connectivity index (χ0n) is 34.3. The summed E-state index contributed by atoms with van der Waals surface area (Å²) in [5.41, 5.74) is 13.7. The molecule has 2 heterocycles. The fourth-order valence-electron chi connectivity index (χ4n) is 10.4. The Kier molecular flexibility index (Phi) is 7.76. The largest absolute Gasteiger partial charge is 0.310 e. The van der Waals surface area contributed by atoms with Crippen molar-refractivity contribution in [1.82, 2.24) is 0 Å². The number of benzene rings is 10. The van der Waals surface area contributed by atoms with Crippen LogP contribution in [0.15, 0.2) is 200 Å². The smallest absolute Gasteiger partial charge is 0.0543 e. The zero-order chi connectivity index (χ0) is 41.1. The maximum atomic E-state index is 2.48. The topological polar surface area (TPSA) is 3.24 Å². The summed E-state index contributed by atoms with van der Waals surface area (Å²) in [7, 11) is 0. The number of fused-ring (bicyclic) bond motifs is 13. The summed E-state index contributed by atoms with van der Waals surface area (Å²) >= 11 is 3.83. The van der Waals surface area contributed by atoms with Gasteiger partial charge in [-0.15, -0.1) is 22.7 Å². The van der Waals surface area contributed by atoms with Crippen molar-refractivity contribution in [2.45, 2.75) is 19.3 Å². The normalized spacial score (nSPS) is 13.1. The van der Waals surface area contributed by atoms with E-state index in [1.165, 1.54) is 112 Å². The van der Waals surface area contributed by atoms with Crippen LogP contribution < -0.4 is 4.90 Å². The Balaban J connectivity index is 0.959. The van der Waals surface area contributed by atoms with E-state index < -0.39 is 0 Å². The molecule has 10 aromatic carbocycles. The SMILES string of the molecule is CC1(C)c2ccccc2-c2c(N(c3ccc(-c4cccc5c4sc4c6ccccc6ccc54)cc3)c3ccc(-c4cccc5c4sc4c6ccccc6ccc54)cc3)cccc21. The average Bonchev–Trinajstić information content (AvgIpc) is 3.98. The second-order valence-corrected chi connectivity index (χ2v) is 19.2. The second kappa shape index (κ2) is 13.5. The number of hydrogen-bond donors (Lipinski definition) is 0. The van der Waals surface area contributed by atoms with E-state index in [2.05, 4.69) is 219 Å². The minimum Gasteiger partial charge on any atom is -0.310 e. The summed E-state index contributed by atoms with van der Waals surface area (Å²) in [6, 6.07) is 74.6. The van der Waals surface area contributed by atoms with E-state index in [1.807, 2.05) is 22.7 Å². The first kappa shape index (κ1) is 35.7. The van der Waals surface area contributed by atoms with Gasteiger partial charge in [0.05, 0.1) is 5.69 Å². The van der Waals surface area contributed by atoms with Crippen molar-refractivity contribution in [3.8, 4) is 33.4 Å². The van der Waals surface area contributed by atoms with Crippen LogP contribution in [0.25, 0.3) is 95.3 Å². The molecule has 0 atom stereocenters. The van der Waals surface area contributed by atoms with E-state index in [-0.39, 0.29) is 5.41 Å². The fourth-order valence-corrected chi connectivity index (χ4v) is 13.2. The molecular formula is C59H39NS2. The molecule has 0 radical (unpaired) electrons. The molecule has 0 bridgehead atoms. The lowest BCUT2D eigenvalue weighted by Gasteiger charge is -2.29. The van der Waals surface area contributed by atoms with Crippen molar-refractivity contribution in [3.05, 3.63) is 211 Å². The molecule has 1 nitrogen and oxygen atoms in total. The number of rotatable bonds is 5. The third-order valence-electron chi connectivity index (χ3n) is 13.5. The molecule has 0 fully saturated rings. The lowest BCUT2D eigenvalue weighted by molar-refractivity contribution is 0.660. The number of thiophene rings is 2. The van der Waals surface area contributed by atoms with Gasteiger partial charge in [-0.3, -0.25) is 0 Å². The minimum absolute atomic E-state index is 0.107.